The Hall–Kier alpha value is -1.62. The van der Waals surface area contributed by atoms with Crippen LogP contribution in [0, 0.1) is 0 Å². The minimum Gasteiger partial charge on any atom is -0.478 e. The van der Waals surface area contributed by atoms with Crippen molar-refractivity contribution in [2.75, 3.05) is 18.5 Å². The van der Waals surface area contributed by atoms with Gasteiger partial charge in [-0.2, -0.15) is 0 Å². The largest absolute Gasteiger partial charge is 0.478 e. The predicted molar refractivity (Wildman–Crippen MR) is 74.9 cm³/mol. The number of anilines is 1. The van der Waals surface area contributed by atoms with Gasteiger partial charge in [-0.25, -0.2) is 9.78 Å². The summed E-state index contributed by atoms with van der Waals surface area (Å²) in [5.74, 6) is -0.151. The molecule has 5 nitrogen and oxygen atoms in total. The number of rotatable bonds is 6. The van der Waals surface area contributed by atoms with Crippen LogP contribution in [0.25, 0.3) is 0 Å². The number of carboxylic acids is 1. The van der Waals surface area contributed by atoms with Crippen LogP contribution in [-0.2, 0) is 0 Å². The number of carboxylic acid groups (broad SMARTS) is 1. The molecule has 0 fully saturated rings. The summed E-state index contributed by atoms with van der Waals surface area (Å²) in [6.45, 7) is 6.32. The third-order valence-electron chi connectivity index (χ3n) is 2.94. The van der Waals surface area contributed by atoms with Gasteiger partial charge in [-0.1, -0.05) is 13.8 Å². The van der Waals surface area contributed by atoms with Crippen molar-refractivity contribution in [3.63, 3.8) is 0 Å². The third-order valence-corrected chi connectivity index (χ3v) is 2.94. The standard InChI is InChI=1S/C14H22N2O3/c1-9(2)12-7-11(14(18)19)8-13(15-12)16(4)6-5-10(3)17/h7-10,17H,5-6H2,1-4H3,(H,18,19). The SMILES string of the molecule is CC(O)CCN(C)c1cc(C(=O)O)cc(C(C)C)n1. The molecule has 0 amide bonds. The van der Waals surface area contributed by atoms with Crippen LogP contribution in [0.4, 0.5) is 5.82 Å². The van der Waals surface area contributed by atoms with E-state index in [1.165, 1.54) is 0 Å². The zero-order chi connectivity index (χ0) is 14.6. The molecule has 1 aromatic heterocycles. The van der Waals surface area contributed by atoms with E-state index in [0.717, 1.165) is 5.69 Å². The average molecular weight is 266 g/mol. The molecule has 1 rings (SSSR count). The lowest BCUT2D eigenvalue weighted by atomic mass is 10.1. The van der Waals surface area contributed by atoms with Gasteiger partial charge in [-0.05, 0) is 31.4 Å². The minimum atomic E-state index is -0.950. The molecule has 0 aliphatic carbocycles. The second-order valence-corrected chi connectivity index (χ2v) is 5.16. The first-order valence-corrected chi connectivity index (χ1v) is 6.45. The maximum absolute atomic E-state index is 11.1. The van der Waals surface area contributed by atoms with Gasteiger partial charge >= 0.3 is 5.97 Å². The minimum absolute atomic E-state index is 0.170. The first kappa shape index (κ1) is 15.4. The Balaban J connectivity index is 3.01. The van der Waals surface area contributed by atoms with Crippen molar-refractivity contribution in [1.82, 2.24) is 4.98 Å². The molecule has 0 bridgehead atoms. The molecular weight excluding hydrogens is 244 g/mol. The van der Waals surface area contributed by atoms with Crippen LogP contribution in [0.15, 0.2) is 12.1 Å². The third kappa shape index (κ3) is 4.52. The fourth-order valence-electron chi connectivity index (χ4n) is 1.65. The molecule has 0 aliphatic heterocycles. The zero-order valence-electron chi connectivity index (χ0n) is 11.9. The molecule has 0 aliphatic rings. The summed E-state index contributed by atoms with van der Waals surface area (Å²) in [4.78, 5) is 17.5. The number of aromatic nitrogens is 1. The first-order chi connectivity index (χ1) is 8.81. The highest BCUT2D eigenvalue weighted by atomic mass is 16.4. The van der Waals surface area contributed by atoms with Crippen molar-refractivity contribution < 1.29 is 15.0 Å². The maximum Gasteiger partial charge on any atom is 0.335 e. The van der Waals surface area contributed by atoms with E-state index in [0.29, 0.717) is 18.8 Å². The van der Waals surface area contributed by atoms with Gasteiger partial charge in [0.25, 0.3) is 0 Å². The molecule has 19 heavy (non-hydrogen) atoms. The van der Waals surface area contributed by atoms with Crippen molar-refractivity contribution in [1.29, 1.82) is 0 Å². The Kier molecular flexibility index (Phi) is 5.30. The average Bonchev–Trinajstić information content (AvgIpc) is 2.35. The summed E-state index contributed by atoms with van der Waals surface area (Å²) in [7, 11) is 1.85. The molecule has 0 aromatic carbocycles. The Morgan fingerprint density at radius 1 is 1.37 bits per heavy atom. The molecule has 0 saturated heterocycles. The number of pyridine rings is 1. The quantitative estimate of drug-likeness (QED) is 0.825. The number of nitrogens with zero attached hydrogens (tertiary/aromatic N) is 2. The van der Waals surface area contributed by atoms with Crippen LogP contribution in [0.3, 0.4) is 0 Å². The summed E-state index contributed by atoms with van der Waals surface area (Å²) in [5, 5.41) is 18.4. The molecule has 1 heterocycles. The van der Waals surface area contributed by atoms with Crippen LogP contribution in [0.5, 0.6) is 0 Å². The Morgan fingerprint density at radius 3 is 2.47 bits per heavy atom. The second-order valence-electron chi connectivity index (χ2n) is 5.16. The summed E-state index contributed by atoms with van der Waals surface area (Å²) in [5.41, 5.74) is 1.01. The van der Waals surface area contributed by atoms with Crippen LogP contribution in [0.2, 0.25) is 0 Å². The van der Waals surface area contributed by atoms with Crippen molar-refractivity contribution in [3.05, 3.63) is 23.4 Å². The monoisotopic (exact) mass is 266 g/mol. The van der Waals surface area contributed by atoms with E-state index in [1.54, 1.807) is 19.1 Å². The Labute approximate surface area is 113 Å². The van der Waals surface area contributed by atoms with Crippen molar-refractivity contribution in [3.8, 4) is 0 Å². The number of aliphatic hydroxyl groups is 1. The van der Waals surface area contributed by atoms with Crippen LogP contribution >= 0.6 is 0 Å². The van der Waals surface area contributed by atoms with Gasteiger partial charge in [0.05, 0.1) is 11.7 Å². The maximum atomic E-state index is 11.1. The molecule has 0 radical (unpaired) electrons. The van der Waals surface area contributed by atoms with Gasteiger partial charge in [0, 0.05) is 19.3 Å². The highest BCUT2D eigenvalue weighted by molar-refractivity contribution is 5.88. The van der Waals surface area contributed by atoms with Crippen molar-refractivity contribution in [2.45, 2.75) is 39.2 Å². The normalized spacial score (nSPS) is 12.5. The molecule has 0 saturated carbocycles. The van der Waals surface area contributed by atoms with E-state index >= 15 is 0 Å². The van der Waals surface area contributed by atoms with Gasteiger partial charge < -0.3 is 15.1 Å². The fraction of sp³-hybridized carbons (Fsp3) is 0.571. The van der Waals surface area contributed by atoms with Gasteiger partial charge in [-0.3, -0.25) is 0 Å². The summed E-state index contributed by atoms with van der Waals surface area (Å²) in [6, 6.07) is 3.18. The van der Waals surface area contributed by atoms with E-state index < -0.39 is 5.97 Å². The van der Waals surface area contributed by atoms with Crippen LogP contribution in [-0.4, -0.2) is 40.9 Å². The number of aliphatic hydroxyl groups excluding tert-OH is 1. The predicted octanol–water partition coefficient (Wildman–Crippen LogP) is 2.11. The van der Waals surface area contributed by atoms with Crippen molar-refractivity contribution in [2.24, 2.45) is 0 Å². The lowest BCUT2D eigenvalue weighted by molar-refractivity contribution is 0.0696. The smallest absolute Gasteiger partial charge is 0.335 e. The lowest BCUT2D eigenvalue weighted by Gasteiger charge is -2.21. The molecule has 1 aromatic rings. The number of hydrogen-bond acceptors (Lipinski definition) is 4. The van der Waals surface area contributed by atoms with Gasteiger partial charge in [0.1, 0.15) is 5.82 Å². The second kappa shape index (κ2) is 6.52. The number of aromatic carboxylic acids is 1. The summed E-state index contributed by atoms with van der Waals surface area (Å²) < 4.78 is 0. The highest BCUT2D eigenvalue weighted by Gasteiger charge is 2.13. The van der Waals surface area contributed by atoms with E-state index in [-0.39, 0.29) is 17.6 Å². The molecule has 106 valence electrons. The van der Waals surface area contributed by atoms with Gasteiger partial charge in [0.15, 0.2) is 0 Å². The summed E-state index contributed by atoms with van der Waals surface area (Å²) >= 11 is 0. The highest BCUT2D eigenvalue weighted by Crippen LogP contribution is 2.20. The fourth-order valence-corrected chi connectivity index (χ4v) is 1.65. The molecule has 5 heteroatoms. The van der Waals surface area contributed by atoms with E-state index in [9.17, 15) is 9.90 Å². The topological polar surface area (TPSA) is 73.7 Å². The van der Waals surface area contributed by atoms with Crippen LogP contribution < -0.4 is 4.90 Å². The summed E-state index contributed by atoms with van der Waals surface area (Å²) in [6.07, 6.45) is 0.238. The molecule has 0 spiro atoms. The van der Waals surface area contributed by atoms with E-state index in [4.69, 9.17) is 5.11 Å². The lowest BCUT2D eigenvalue weighted by Crippen LogP contribution is -2.23. The Bertz CT molecular complexity index is 444. The molecule has 1 unspecified atom stereocenters. The number of carbonyl (C=O) groups is 1. The number of hydrogen-bond donors (Lipinski definition) is 2. The molecular formula is C14H22N2O3. The molecule has 1 atom stereocenters. The van der Waals surface area contributed by atoms with Gasteiger partial charge in [-0.15, -0.1) is 0 Å². The van der Waals surface area contributed by atoms with E-state index in [1.807, 2.05) is 25.8 Å². The first-order valence-electron chi connectivity index (χ1n) is 6.45. The van der Waals surface area contributed by atoms with E-state index in [2.05, 4.69) is 4.98 Å². The Morgan fingerprint density at radius 2 is 2.00 bits per heavy atom. The van der Waals surface area contributed by atoms with Gasteiger partial charge in [0.2, 0.25) is 0 Å². The zero-order valence-corrected chi connectivity index (χ0v) is 11.9. The van der Waals surface area contributed by atoms with Crippen LogP contribution in [0.1, 0.15) is 49.2 Å². The molecule has 2 N–H and O–H groups in total. The van der Waals surface area contributed by atoms with Crippen molar-refractivity contribution >= 4 is 11.8 Å².